The quantitative estimate of drug-likeness (QED) is 0.595. The van der Waals surface area contributed by atoms with Gasteiger partial charge in [0.25, 0.3) is 0 Å². The van der Waals surface area contributed by atoms with Crippen molar-refractivity contribution in [2.75, 3.05) is 0 Å². The van der Waals surface area contributed by atoms with Crippen LogP contribution in [0.25, 0.3) is 0 Å². The first-order valence-electron chi connectivity index (χ1n) is 1.87. The van der Waals surface area contributed by atoms with Gasteiger partial charge in [-0.25, -0.2) is 0 Å². The first kappa shape index (κ1) is 10.8. The van der Waals surface area contributed by atoms with Gasteiger partial charge in [0.05, 0.1) is 5.92 Å². The topological polar surface area (TPSA) is 37.3 Å². The summed E-state index contributed by atoms with van der Waals surface area (Å²) in [7, 11) is 0. The largest absolute Gasteiger partial charge is 2.00 e. The average molecular weight is 178 g/mol. The number of carboxylic acid groups (broad SMARTS) is 1. The van der Waals surface area contributed by atoms with Crippen molar-refractivity contribution in [1.29, 1.82) is 0 Å². The van der Waals surface area contributed by atoms with Crippen LogP contribution < -0.4 is 0 Å². The molecule has 2 nitrogen and oxygen atoms in total. The number of carbonyl (C=O) groups is 1. The fourth-order valence-corrected chi connectivity index (χ4v) is 0. The molecule has 0 atom stereocenters. The molecule has 0 rings (SSSR count). The standard InChI is InChI=1S/C4H8O2.Sr.2H/c1-3(2)4(5)6;;;/h3H,1-2H3,(H,5,6);;;/q;+2;2*-1. The minimum atomic E-state index is -0.741. The molecule has 0 aromatic rings. The Hall–Kier alpha value is 0.951. The second-order valence-electron chi connectivity index (χ2n) is 1.49. The van der Waals surface area contributed by atoms with Gasteiger partial charge in [-0.1, -0.05) is 13.8 Å². The Labute approximate surface area is 83.1 Å². The van der Waals surface area contributed by atoms with Gasteiger partial charge in [0.15, 0.2) is 0 Å². The van der Waals surface area contributed by atoms with E-state index in [2.05, 4.69) is 0 Å². The maximum atomic E-state index is 9.70. The molecule has 40 valence electrons. The molecule has 0 heterocycles. The molecule has 1 N–H and O–H groups in total. The van der Waals surface area contributed by atoms with E-state index in [1.165, 1.54) is 0 Å². The van der Waals surface area contributed by atoms with E-state index >= 15 is 0 Å². The van der Waals surface area contributed by atoms with Crippen molar-refractivity contribution in [2.45, 2.75) is 13.8 Å². The molecule has 7 heavy (non-hydrogen) atoms. The molecular weight excluding hydrogens is 168 g/mol. The molecule has 0 aliphatic carbocycles. The molecule has 0 fully saturated rings. The van der Waals surface area contributed by atoms with Crippen LogP contribution in [0.5, 0.6) is 0 Å². The summed E-state index contributed by atoms with van der Waals surface area (Å²) < 4.78 is 0. The van der Waals surface area contributed by atoms with Crippen LogP contribution in [0.15, 0.2) is 0 Å². The minimum Gasteiger partial charge on any atom is -1.00 e. The molecule has 0 aliphatic rings. The zero-order chi connectivity index (χ0) is 5.15. The average Bonchev–Trinajstić information content (AvgIpc) is 1.36. The van der Waals surface area contributed by atoms with Crippen LogP contribution in [0.1, 0.15) is 16.7 Å². The van der Waals surface area contributed by atoms with Gasteiger partial charge in [-0.15, -0.1) is 0 Å². The van der Waals surface area contributed by atoms with E-state index in [0.717, 1.165) is 0 Å². The minimum absolute atomic E-state index is 0. The molecule has 0 saturated carbocycles. The van der Waals surface area contributed by atoms with Crippen molar-refractivity contribution in [3.63, 3.8) is 0 Å². The Kier molecular flexibility index (Phi) is 7.89. The van der Waals surface area contributed by atoms with Crippen molar-refractivity contribution >= 4 is 51.5 Å². The molecule has 0 aromatic heterocycles. The Bertz CT molecular complexity index is 67.6. The van der Waals surface area contributed by atoms with Crippen LogP contribution in [0, 0.1) is 5.92 Å². The van der Waals surface area contributed by atoms with Crippen LogP contribution in [0.4, 0.5) is 0 Å². The van der Waals surface area contributed by atoms with Gasteiger partial charge in [-0.05, 0) is 0 Å². The van der Waals surface area contributed by atoms with Crippen LogP contribution in [0.3, 0.4) is 0 Å². The predicted octanol–water partition coefficient (Wildman–Crippen LogP) is 0.571. The van der Waals surface area contributed by atoms with Crippen molar-refractivity contribution in [1.82, 2.24) is 0 Å². The van der Waals surface area contributed by atoms with Gasteiger partial charge in [0.1, 0.15) is 0 Å². The SMILES string of the molecule is CC(C)C(=O)O.[H-].[H-].[Sr+2]. The number of carboxylic acids is 1. The summed E-state index contributed by atoms with van der Waals surface area (Å²) in [6, 6.07) is 0. The van der Waals surface area contributed by atoms with E-state index in [9.17, 15) is 4.79 Å². The van der Waals surface area contributed by atoms with Gasteiger partial charge in [0.2, 0.25) is 0 Å². The second-order valence-corrected chi connectivity index (χ2v) is 1.49. The zero-order valence-corrected chi connectivity index (χ0v) is 8.12. The zero-order valence-electron chi connectivity index (χ0n) is 6.64. The molecule has 0 aromatic carbocycles. The second kappa shape index (κ2) is 5.09. The van der Waals surface area contributed by atoms with E-state index in [4.69, 9.17) is 5.11 Å². The van der Waals surface area contributed by atoms with E-state index in [1.54, 1.807) is 13.8 Å². The third kappa shape index (κ3) is 6.95. The smallest absolute Gasteiger partial charge is 1.00 e. The van der Waals surface area contributed by atoms with E-state index < -0.39 is 5.97 Å². The molecule has 0 unspecified atom stereocenters. The van der Waals surface area contributed by atoms with Crippen molar-refractivity contribution in [3.05, 3.63) is 0 Å². The van der Waals surface area contributed by atoms with Crippen molar-refractivity contribution in [3.8, 4) is 0 Å². The molecule has 0 aliphatic heterocycles. The first-order chi connectivity index (χ1) is 2.64. The summed E-state index contributed by atoms with van der Waals surface area (Å²) in [6.45, 7) is 3.28. The van der Waals surface area contributed by atoms with Gasteiger partial charge < -0.3 is 7.96 Å². The fourth-order valence-electron chi connectivity index (χ4n) is 0. The Morgan fingerprint density at radius 1 is 1.71 bits per heavy atom. The van der Waals surface area contributed by atoms with Gasteiger partial charge >= 0.3 is 51.5 Å². The molecule has 0 saturated heterocycles. The molecule has 0 spiro atoms. The van der Waals surface area contributed by atoms with Gasteiger partial charge in [-0.3, -0.25) is 4.79 Å². The molecule has 0 radical (unpaired) electrons. The first-order valence-corrected chi connectivity index (χ1v) is 1.87. The summed E-state index contributed by atoms with van der Waals surface area (Å²) in [5, 5.41) is 7.99. The number of aliphatic carboxylic acids is 1. The Balaban J connectivity index is -0.0000000417. The molecular formula is C4H10O2Sr. The third-order valence-corrected chi connectivity index (χ3v) is 0.494. The Morgan fingerprint density at radius 3 is 1.86 bits per heavy atom. The molecule has 3 heteroatoms. The monoisotopic (exact) mass is 178 g/mol. The summed E-state index contributed by atoms with van der Waals surface area (Å²) >= 11 is 0. The number of rotatable bonds is 1. The van der Waals surface area contributed by atoms with Crippen LogP contribution in [-0.4, -0.2) is 56.6 Å². The van der Waals surface area contributed by atoms with Crippen molar-refractivity contribution in [2.24, 2.45) is 5.92 Å². The Morgan fingerprint density at radius 2 is 1.86 bits per heavy atom. The maximum Gasteiger partial charge on any atom is 2.00 e. The summed E-state index contributed by atoms with van der Waals surface area (Å²) in [5.74, 6) is -0.972. The number of hydrogen-bond donors (Lipinski definition) is 1. The van der Waals surface area contributed by atoms with Crippen LogP contribution >= 0.6 is 0 Å². The molecule has 0 amide bonds. The fraction of sp³-hybridized carbons (Fsp3) is 0.750. The van der Waals surface area contributed by atoms with E-state index in [0.29, 0.717) is 0 Å². The van der Waals surface area contributed by atoms with E-state index in [-0.39, 0.29) is 54.3 Å². The van der Waals surface area contributed by atoms with Crippen LogP contribution in [-0.2, 0) is 4.79 Å². The van der Waals surface area contributed by atoms with Crippen LogP contribution in [0.2, 0.25) is 0 Å². The van der Waals surface area contributed by atoms with Gasteiger partial charge in [-0.2, -0.15) is 0 Å². The number of hydrogen-bond acceptors (Lipinski definition) is 1. The van der Waals surface area contributed by atoms with Gasteiger partial charge in [0, 0.05) is 0 Å². The predicted molar refractivity (Wildman–Crippen MR) is 30.5 cm³/mol. The normalized spacial score (nSPS) is 7.86. The summed E-state index contributed by atoms with van der Waals surface area (Å²) in [4.78, 5) is 9.70. The maximum absolute atomic E-state index is 9.70. The van der Waals surface area contributed by atoms with Crippen molar-refractivity contribution < 1.29 is 12.8 Å². The molecule has 0 bridgehead atoms. The van der Waals surface area contributed by atoms with E-state index in [1.807, 2.05) is 0 Å². The summed E-state index contributed by atoms with van der Waals surface area (Å²) in [5.41, 5.74) is 0. The summed E-state index contributed by atoms with van der Waals surface area (Å²) in [6.07, 6.45) is 0. The third-order valence-electron chi connectivity index (χ3n) is 0.494.